The van der Waals surface area contributed by atoms with Gasteiger partial charge < -0.3 is 15.5 Å². The van der Waals surface area contributed by atoms with Crippen molar-refractivity contribution < 1.29 is 18.0 Å². The van der Waals surface area contributed by atoms with Crippen LogP contribution in [0.25, 0.3) is 11.3 Å². The quantitative estimate of drug-likeness (QED) is 0.855. The summed E-state index contributed by atoms with van der Waals surface area (Å²) < 4.78 is 32.0. The highest BCUT2D eigenvalue weighted by atomic mass is 19.1. The van der Waals surface area contributed by atoms with Crippen molar-refractivity contribution in [3.63, 3.8) is 0 Å². The molecule has 2 aromatic rings. The third kappa shape index (κ3) is 4.59. The lowest BCUT2D eigenvalue weighted by molar-refractivity contribution is -0.122. The Morgan fingerprint density at radius 2 is 2.13 bits per heavy atom. The Kier molecular flexibility index (Phi) is 5.10. The Balaban J connectivity index is 1.99. The predicted molar refractivity (Wildman–Crippen MR) is 81.5 cm³/mol. The molecule has 0 aliphatic heterocycles. The molecule has 2 rings (SSSR count). The fourth-order valence-electron chi connectivity index (χ4n) is 1.95. The van der Waals surface area contributed by atoms with Gasteiger partial charge in [0.15, 0.2) is 11.7 Å². The highest BCUT2D eigenvalue weighted by Crippen LogP contribution is 2.24. The number of hydrogen-bond donors (Lipinski definition) is 2. The molecule has 0 aliphatic carbocycles. The van der Waals surface area contributed by atoms with Crippen molar-refractivity contribution in [2.75, 3.05) is 6.54 Å². The summed E-state index contributed by atoms with van der Waals surface area (Å²) in [5.41, 5.74) is 5.19. The SMILES string of the molecule is CC(C)(CN)NC(=O)CCc1ncc(-c2ccc(F)cc2F)o1. The Labute approximate surface area is 132 Å². The van der Waals surface area contributed by atoms with Crippen LogP contribution < -0.4 is 11.1 Å². The largest absolute Gasteiger partial charge is 0.441 e. The molecule has 7 heteroatoms. The topological polar surface area (TPSA) is 81.1 Å². The lowest BCUT2D eigenvalue weighted by atomic mass is 10.1. The van der Waals surface area contributed by atoms with E-state index < -0.39 is 17.2 Å². The molecule has 0 bridgehead atoms. The van der Waals surface area contributed by atoms with E-state index in [2.05, 4.69) is 10.3 Å². The molecule has 0 saturated heterocycles. The normalized spacial score (nSPS) is 11.5. The number of nitrogens with zero attached hydrogens (tertiary/aromatic N) is 1. The number of rotatable bonds is 6. The Morgan fingerprint density at radius 1 is 1.39 bits per heavy atom. The average Bonchev–Trinajstić information content (AvgIpc) is 2.93. The molecule has 1 aromatic heterocycles. The van der Waals surface area contributed by atoms with E-state index in [4.69, 9.17) is 10.2 Å². The van der Waals surface area contributed by atoms with Crippen LogP contribution in [-0.4, -0.2) is 23.0 Å². The molecule has 1 aromatic carbocycles. The van der Waals surface area contributed by atoms with Crippen LogP contribution in [0, 0.1) is 11.6 Å². The lowest BCUT2D eigenvalue weighted by Crippen LogP contribution is -2.48. The number of benzene rings is 1. The van der Waals surface area contributed by atoms with Crippen LogP contribution >= 0.6 is 0 Å². The number of carbonyl (C=O) groups is 1. The third-order valence-corrected chi connectivity index (χ3v) is 3.30. The van der Waals surface area contributed by atoms with Gasteiger partial charge in [-0.25, -0.2) is 13.8 Å². The van der Waals surface area contributed by atoms with Gasteiger partial charge in [-0.2, -0.15) is 0 Å². The number of nitrogens with one attached hydrogen (secondary N) is 1. The third-order valence-electron chi connectivity index (χ3n) is 3.30. The molecule has 5 nitrogen and oxygen atoms in total. The molecule has 124 valence electrons. The van der Waals surface area contributed by atoms with E-state index in [1.165, 1.54) is 12.3 Å². The molecule has 0 atom stereocenters. The molecule has 23 heavy (non-hydrogen) atoms. The fourth-order valence-corrected chi connectivity index (χ4v) is 1.95. The molecule has 0 spiro atoms. The number of halogens is 2. The molecule has 0 aliphatic rings. The smallest absolute Gasteiger partial charge is 0.220 e. The first-order valence-corrected chi connectivity index (χ1v) is 7.22. The maximum absolute atomic E-state index is 13.7. The number of carbonyl (C=O) groups excluding carboxylic acids is 1. The number of hydrogen-bond acceptors (Lipinski definition) is 4. The maximum atomic E-state index is 13.7. The highest BCUT2D eigenvalue weighted by Gasteiger charge is 2.19. The fraction of sp³-hybridized carbons (Fsp3) is 0.375. The van der Waals surface area contributed by atoms with E-state index in [9.17, 15) is 13.6 Å². The summed E-state index contributed by atoms with van der Waals surface area (Å²) in [6.07, 6.45) is 1.80. The van der Waals surface area contributed by atoms with Crippen molar-refractivity contribution in [3.8, 4) is 11.3 Å². The van der Waals surface area contributed by atoms with Crippen LogP contribution in [0.3, 0.4) is 0 Å². The monoisotopic (exact) mass is 323 g/mol. The summed E-state index contributed by atoms with van der Waals surface area (Å²) in [7, 11) is 0. The first-order chi connectivity index (χ1) is 10.8. The van der Waals surface area contributed by atoms with Gasteiger partial charge in [0.1, 0.15) is 11.6 Å². The van der Waals surface area contributed by atoms with Crippen LogP contribution in [0.1, 0.15) is 26.2 Å². The zero-order valence-corrected chi connectivity index (χ0v) is 13.0. The average molecular weight is 323 g/mol. The van der Waals surface area contributed by atoms with Crippen molar-refractivity contribution in [2.45, 2.75) is 32.2 Å². The van der Waals surface area contributed by atoms with Crippen LogP contribution in [0.2, 0.25) is 0 Å². The van der Waals surface area contributed by atoms with Crippen molar-refractivity contribution in [2.24, 2.45) is 5.73 Å². The van der Waals surface area contributed by atoms with E-state index in [1.807, 2.05) is 13.8 Å². The Morgan fingerprint density at radius 3 is 2.78 bits per heavy atom. The van der Waals surface area contributed by atoms with Gasteiger partial charge in [-0.3, -0.25) is 4.79 Å². The van der Waals surface area contributed by atoms with Crippen LogP contribution in [0.5, 0.6) is 0 Å². The van der Waals surface area contributed by atoms with Gasteiger partial charge in [0.2, 0.25) is 5.91 Å². The molecule has 3 N–H and O–H groups in total. The number of oxazole rings is 1. The van der Waals surface area contributed by atoms with Gasteiger partial charge in [0, 0.05) is 31.0 Å². The lowest BCUT2D eigenvalue weighted by Gasteiger charge is -2.23. The summed E-state index contributed by atoms with van der Waals surface area (Å²) in [5, 5.41) is 2.79. The van der Waals surface area contributed by atoms with E-state index in [0.29, 0.717) is 12.4 Å². The van der Waals surface area contributed by atoms with E-state index in [0.717, 1.165) is 12.1 Å². The van der Waals surface area contributed by atoms with E-state index in [-0.39, 0.29) is 30.1 Å². The second kappa shape index (κ2) is 6.87. The minimum Gasteiger partial charge on any atom is -0.441 e. The molecular weight excluding hydrogens is 304 g/mol. The van der Waals surface area contributed by atoms with Crippen LogP contribution in [0.15, 0.2) is 28.8 Å². The number of aryl methyl sites for hydroxylation is 1. The molecule has 0 saturated carbocycles. The minimum atomic E-state index is -0.727. The first-order valence-electron chi connectivity index (χ1n) is 7.22. The zero-order valence-electron chi connectivity index (χ0n) is 13.0. The van der Waals surface area contributed by atoms with Crippen molar-refractivity contribution in [1.82, 2.24) is 10.3 Å². The van der Waals surface area contributed by atoms with Crippen LogP contribution in [-0.2, 0) is 11.2 Å². The number of aromatic nitrogens is 1. The summed E-state index contributed by atoms with van der Waals surface area (Å²) in [6.45, 7) is 3.97. The number of amides is 1. The summed E-state index contributed by atoms with van der Waals surface area (Å²) >= 11 is 0. The molecule has 0 unspecified atom stereocenters. The van der Waals surface area contributed by atoms with Crippen LogP contribution in [0.4, 0.5) is 8.78 Å². The molecule has 0 fully saturated rings. The van der Waals surface area contributed by atoms with Crippen molar-refractivity contribution in [3.05, 3.63) is 41.9 Å². The number of nitrogens with two attached hydrogens (primary N) is 1. The molecule has 1 amide bonds. The Hall–Kier alpha value is -2.28. The standard InChI is InChI=1S/C16H19F2N3O2/c1-16(2,9-19)21-14(22)5-6-15-20-8-13(23-15)11-4-3-10(17)7-12(11)18/h3-4,7-8H,5-6,9,19H2,1-2H3,(H,21,22). The first kappa shape index (κ1) is 17.1. The second-order valence-electron chi connectivity index (χ2n) is 5.88. The zero-order chi connectivity index (χ0) is 17.0. The molecule has 1 heterocycles. The second-order valence-corrected chi connectivity index (χ2v) is 5.88. The maximum Gasteiger partial charge on any atom is 0.220 e. The van der Waals surface area contributed by atoms with Crippen molar-refractivity contribution >= 4 is 5.91 Å². The van der Waals surface area contributed by atoms with E-state index in [1.54, 1.807) is 0 Å². The predicted octanol–water partition coefficient (Wildman–Crippen LogP) is 2.41. The van der Waals surface area contributed by atoms with Gasteiger partial charge >= 0.3 is 0 Å². The molecular formula is C16H19F2N3O2. The van der Waals surface area contributed by atoms with Gasteiger partial charge in [-0.15, -0.1) is 0 Å². The molecule has 0 radical (unpaired) electrons. The van der Waals surface area contributed by atoms with Crippen molar-refractivity contribution in [1.29, 1.82) is 0 Å². The Bertz CT molecular complexity index is 698. The summed E-state index contributed by atoms with van der Waals surface area (Å²) in [6, 6.07) is 3.20. The minimum absolute atomic E-state index is 0.124. The summed E-state index contributed by atoms with van der Waals surface area (Å²) in [4.78, 5) is 15.8. The highest BCUT2D eigenvalue weighted by molar-refractivity contribution is 5.76. The van der Waals surface area contributed by atoms with Gasteiger partial charge in [0.05, 0.1) is 11.8 Å². The van der Waals surface area contributed by atoms with Gasteiger partial charge in [-0.1, -0.05) is 0 Å². The van der Waals surface area contributed by atoms with Gasteiger partial charge in [0.25, 0.3) is 0 Å². The van der Waals surface area contributed by atoms with E-state index >= 15 is 0 Å². The summed E-state index contributed by atoms with van der Waals surface area (Å²) in [5.74, 6) is -1.06. The van der Waals surface area contributed by atoms with Gasteiger partial charge in [-0.05, 0) is 26.0 Å².